The molecule has 0 fully saturated rings. The summed E-state index contributed by atoms with van der Waals surface area (Å²) in [6.45, 7) is 6.00. The SMILES string of the molecule is COc1ccc(C(=O)N[C@@H](c2nnc(SCC(=O)Nc3cccc(C)c3)n2C)C(C)C)cc1. The molecule has 0 aliphatic carbocycles. The Kier molecular flexibility index (Phi) is 8.11. The Bertz CT molecular complexity index is 1110. The van der Waals surface area contributed by atoms with Crippen molar-refractivity contribution in [2.45, 2.75) is 32.0 Å². The van der Waals surface area contributed by atoms with Crippen LogP contribution in [0.2, 0.25) is 0 Å². The third-order valence-electron chi connectivity index (χ3n) is 5.09. The standard InChI is InChI=1S/C24H29N5O3S/c1-15(2)21(26-23(31)17-9-11-19(32-5)12-10-17)22-27-28-24(29(22)4)33-14-20(30)25-18-8-6-7-16(3)13-18/h6-13,15,21H,14H2,1-5H3,(H,25,30)(H,26,31)/t21-/m1/s1. The van der Waals surface area contributed by atoms with Gasteiger partial charge in [-0.05, 0) is 54.8 Å². The van der Waals surface area contributed by atoms with E-state index in [1.807, 2.05) is 56.7 Å². The topological polar surface area (TPSA) is 98.1 Å². The molecule has 1 atom stereocenters. The minimum absolute atomic E-state index is 0.0811. The number of benzene rings is 2. The Balaban J connectivity index is 1.65. The first-order chi connectivity index (χ1) is 15.8. The van der Waals surface area contributed by atoms with Gasteiger partial charge in [-0.2, -0.15) is 0 Å². The van der Waals surface area contributed by atoms with Crippen molar-refractivity contribution >= 4 is 29.3 Å². The van der Waals surface area contributed by atoms with Gasteiger partial charge in [0.1, 0.15) is 5.75 Å². The van der Waals surface area contributed by atoms with Crippen LogP contribution in [-0.4, -0.2) is 39.4 Å². The van der Waals surface area contributed by atoms with Crippen LogP contribution < -0.4 is 15.4 Å². The summed E-state index contributed by atoms with van der Waals surface area (Å²) in [4.78, 5) is 25.1. The fourth-order valence-electron chi connectivity index (χ4n) is 3.27. The molecule has 0 saturated carbocycles. The van der Waals surface area contributed by atoms with Crippen molar-refractivity contribution in [2.75, 3.05) is 18.2 Å². The summed E-state index contributed by atoms with van der Waals surface area (Å²) in [6, 6.07) is 14.2. The van der Waals surface area contributed by atoms with Crippen LogP contribution in [-0.2, 0) is 11.8 Å². The zero-order valence-corrected chi connectivity index (χ0v) is 20.3. The van der Waals surface area contributed by atoms with Crippen LogP contribution in [0.15, 0.2) is 53.7 Å². The third kappa shape index (κ3) is 6.35. The molecule has 0 spiro atoms. The number of carbonyl (C=O) groups excluding carboxylic acids is 2. The molecule has 9 heteroatoms. The maximum atomic E-state index is 12.8. The number of carbonyl (C=O) groups is 2. The molecule has 33 heavy (non-hydrogen) atoms. The van der Waals surface area contributed by atoms with Gasteiger partial charge in [0.05, 0.1) is 18.9 Å². The number of ether oxygens (including phenoxy) is 1. The first-order valence-corrected chi connectivity index (χ1v) is 11.6. The van der Waals surface area contributed by atoms with Crippen molar-refractivity contribution in [1.82, 2.24) is 20.1 Å². The molecule has 0 radical (unpaired) electrons. The number of thioether (sulfide) groups is 1. The van der Waals surface area contributed by atoms with E-state index in [0.29, 0.717) is 22.3 Å². The van der Waals surface area contributed by atoms with Crippen LogP contribution in [0.1, 0.15) is 41.6 Å². The van der Waals surface area contributed by atoms with Crippen LogP contribution in [0.3, 0.4) is 0 Å². The van der Waals surface area contributed by atoms with Gasteiger partial charge in [0, 0.05) is 18.3 Å². The normalized spacial score (nSPS) is 11.8. The molecule has 0 aliphatic heterocycles. The predicted molar refractivity (Wildman–Crippen MR) is 130 cm³/mol. The Hall–Kier alpha value is -3.33. The van der Waals surface area contributed by atoms with Crippen LogP contribution >= 0.6 is 11.8 Å². The fourth-order valence-corrected chi connectivity index (χ4v) is 3.99. The first-order valence-electron chi connectivity index (χ1n) is 10.6. The molecule has 3 aromatic rings. The van der Waals surface area contributed by atoms with Crippen molar-refractivity contribution in [3.63, 3.8) is 0 Å². The highest BCUT2D eigenvalue weighted by molar-refractivity contribution is 7.99. The molecule has 1 aromatic heterocycles. The van der Waals surface area contributed by atoms with Gasteiger partial charge in [0.25, 0.3) is 5.91 Å². The van der Waals surface area contributed by atoms with Crippen LogP contribution in [0.5, 0.6) is 5.75 Å². The molecule has 2 aromatic carbocycles. The average Bonchev–Trinajstić information content (AvgIpc) is 3.15. The number of hydrogen-bond donors (Lipinski definition) is 2. The van der Waals surface area contributed by atoms with Gasteiger partial charge in [-0.3, -0.25) is 9.59 Å². The van der Waals surface area contributed by atoms with Gasteiger partial charge in [0.15, 0.2) is 11.0 Å². The van der Waals surface area contributed by atoms with E-state index in [0.717, 1.165) is 11.3 Å². The van der Waals surface area contributed by atoms with E-state index < -0.39 is 0 Å². The summed E-state index contributed by atoms with van der Waals surface area (Å²) in [5, 5.41) is 15.1. The highest BCUT2D eigenvalue weighted by Gasteiger charge is 2.25. The lowest BCUT2D eigenvalue weighted by Gasteiger charge is -2.21. The predicted octanol–water partition coefficient (Wildman–Crippen LogP) is 3.99. The summed E-state index contributed by atoms with van der Waals surface area (Å²) < 4.78 is 6.97. The first kappa shape index (κ1) is 24.3. The van der Waals surface area contributed by atoms with Crippen LogP contribution in [0, 0.1) is 12.8 Å². The second kappa shape index (κ2) is 11.0. The Morgan fingerprint density at radius 3 is 2.48 bits per heavy atom. The monoisotopic (exact) mass is 467 g/mol. The quantitative estimate of drug-likeness (QED) is 0.462. The largest absolute Gasteiger partial charge is 0.497 e. The van der Waals surface area contributed by atoms with Gasteiger partial charge >= 0.3 is 0 Å². The van der Waals surface area contributed by atoms with E-state index in [1.165, 1.54) is 11.8 Å². The second-order valence-corrected chi connectivity index (χ2v) is 8.97. The molecule has 2 amide bonds. The number of anilines is 1. The highest BCUT2D eigenvalue weighted by Crippen LogP contribution is 2.25. The molecule has 1 heterocycles. The van der Waals surface area contributed by atoms with Crippen molar-refractivity contribution in [1.29, 1.82) is 0 Å². The zero-order valence-electron chi connectivity index (χ0n) is 19.5. The molecule has 0 aliphatic rings. The molecule has 3 rings (SSSR count). The van der Waals surface area contributed by atoms with Gasteiger partial charge < -0.3 is 19.9 Å². The van der Waals surface area contributed by atoms with Crippen molar-refractivity contribution in [2.24, 2.45) is 13.0 Å². The lowest BCUT2D eigenvalue weighted by Crippen LogP contribution is -2.33. The minimum Gasteiger partial charge on any atom is -0.497 e. The molecular weight excluding hydrogens is 438 g/mol. The molecule has 0 bridgehead atoms. The molecule has 2 N–H and O–H groups in total. The van der Waals surface area contributed by atoms with Crippen molar-refractivity contribution in [3.05, 3.63) is 65.5 Å². The number of nitrogens with zero attached hydrogens (tertiary/aromatic N) is 3. The number of hydrogen-bond acceptors (Lipinski definition) is 6. The Morgan fingerprint density at radius 1 is 1.12 bits per heavy atom. The summed E-state index contributed by atoms with van der Waals surface area (Å²) in [7, 11) is 3.42. The van der Waals surface area contributed by atoms with E-state index in [2.05, 4.69) is 20.8 Å². The van der Waals surface area contributed by atoms with Crippen molar-refractivity contribution < 1.29 is 14.3 Å². The highest BCUT2D eigenvalue weighted by atomic mass is 32.2. The van der Waals surface area contributed by atoms with Crippen LogP contribution in [0.4, 0.5) is 5.69 Å². The fraction of sp³-hybridized carbons (Fsp3) is 0.333. The number of aryl methyl sites for hydroxylation is 1. The van der Waals surface area contributed by atoms with E-state index in [1.54, 1.807) is 31.4 Å². The smallest absolute Gasteiger partial charge is 0.251 e. The van der Waals surface area contributed by atoms with Gasteiger partial charge in [-0.25, -0.2) is 0 Å². The average molecular weight is 468 g/mol. The molecule has 0 unspecified atom stereocenters. The molecule has 0 saturated heterocycles. The van der Waals surface area contributed by atoms with E-state index in [9.17, 15) is 9.59 Å². The summed E-state index contributed by atoms with van der Waals surface area (Å²) in [6.07, 6.45) is 0. The lowest BCUT2D eigenvalue weighted by molar-refractivity contribution is -0.113. The molecule has 8 nitrogen and oxygen atoms in total. The Morgan fingerprint density at radius 2 is 1.85 bits per heavy atom. The maximum absolute atomic E-state index is 12.8. The van der Waals surface area contributed by atoms with E-state index in [4.69, 9.17) is 4.74 Å². The number of methoxy groups -OCH3 is 1. The van der Waals surface area contributed by atoms with Gasteiger partial charge in [-0.15, -0.1) is 10.2 Å². The Labute approximate surface area is 198 Å². The lowest BCUT2D eigenvalue weighted by atomic mass is 10.0. The summed E-state index contributed by atoms with van der Waals surface area (Å²) in [5.41, 5.74) is 2.38. The van der Waals surface area contributed by atoms with Crippen molar-refractivity contribution in [3.8, 4) is 5.75 Å². The van der Waals surface area contributed by atoms with Gasteiger partial charge in [0.2, 0.25) is 5.91 Å². The number of aromatic nitrogens is 3. The van der Waals surface area contributed by atoms with E-state index in [-0.39, 0.29) is 29.5 Å². The maximum Gasteiger partial charge on any atom is 0.251 e. The zero-order chi connectivity index (χ0) is 24.0. The molecular formula is C24H29N5O3S. The van der Waals surface area contributed by atoms with E-state index >= 15 is 0 Å². The second-order valence-electron chi connectivity index (χ2n) is 8.03. The number of rotatable bonds is 9. The van der Waals surface area contributed by atoms with Crippen LogP contribution in [0.25, 0.3) is 0 Å². The number of nitrogens with one attached hydrogen (secondary N) is 2. The molecule has 174 valence electrons. The minimum atomic E-state index is -0.340. The number of amides is 2. The third-order valence-corrected chi connectivity index (χ3v) is 6.11. The summed E-state index contributed by atoms with van der Waals surface area (Å²) >= 11 is 1.30. The summed E-state index contributed by atoms with van der Waals surface area (Å²) in [5.74, 6) is 1.28. The van der Waals surface area contributed by atoms with Gasteiger partial charge in [-0.1, -0.05) is 37.7 Å².